The van der Waals surface area contributed by atoms with Gasteiger partial charge in [0.1, 0.15) is 0 Å². The van der Waals surface area contributed by atoms with E-state index in [1.807, 2.05) is 0 Å². The van der Waals surface area contributed by atoms with Crippen LogP contribution in [0.5, 0.6) is 0 Å². The van der Waals surface area contributed by atoms with Gasteiger partial charge in [-0.2, -0.15) is 0 Å². The Kier molecular flexibility index (Phi) is 62.4. The van der Waals surface area contributed by atoms with E-state index in [2.05, 4.69) is 43.5 Å². The average molecular weight is 1040 g/mol. The predicted molar refractivity (Wildman–Crippen MR) is 324 cm³/mol. The van der Waals surface area contributed by atoms with E-state index in [-0.39, 0.29) is 18.5 Å². The third-order valence-corrected chi connectivity index (χ3v) is 15.7. The largest absolute Gasteiger partial charge is 0.466 e. The number of esters is 1. The van der Waals surface area contributed by atoms with Crippen LogP contribution < -0.4 is 5.32 Å². The van der Waals surface area contributed by atoms with E-state index in [4.69, 9.17) is 4.74 Å². The average Bonchev–Trinajstić information content (AvgIpc) is 3.40. The number of aliphatic hydroxyl groups is 2. The van der Waals surface area contributed by atoms with Gasteiger partial charge in [-0.05, 0) is 77.0 Å². The lowest BCUT2D eigenvalue weighted by molar-refractivity contribution is -0.143. The second-order valence-corrected chi connectivity index (χ2v) is 23.1. The number of carbonyl (C=O) groups is 2. The molecule has 0 heterocycles. The molecular formula is C68H131NO5. The van der Waals surface area contributed by atoms with Crippen molar-refractivity contribution in [3.8, 4) is 0 Å². The zero-order chi connectivity index (χ0) is 53.6. The first kappa shape index (κ1) is 72.3. The lowest BCUT2D eigenvalue weighted by Crippen LogP contribution is -2.45. The molecule has 0 aromatic heterocycles. The van der Waals surface area contributed by atoms with Gasteiger partial charge in [0.25, 0.3) is 0 Å². The molecule has 2 unspecified atom stereocenters. The number of ether oxygens (including phenoxy) is 1. The van der Waals surface area contributed by atoms with Crippen molar-refractivity contribution in [2.45, 2.75) is 386 Å². The lowest BCUT2D eigenvalue weighted by Gasteiger charge is -2.22. The van der Waals surface area contributed by atoms with Crippen molar-refractivity contribution in [2.24, 2.45) is 0 Å². The number of rotatable bonds is 63. The second kappa shape index (κ2) is 63.9. The van der Waals surface area contributed by atoms with Crippen LogP contribution in [0.3, 0.4) is 0 Å². The van der Waals surface area contributed by atoms with Gasteiger partial charge in [-0.1, -0.05) is 308 Å². The summed E-state index contributed by atoms with van der Waals surface area (Å²) in [4.78, 5) is 24.6. The van der Waals surface area contributed by atoms with E-state index >= 15 is 0 Å². The molecular weight excluding hydrogens is 911 g/mol. The molecule has 0 fully saturated rings. The van der Waals surface area contributed by atoms with Crippen LogP contribution in [0.1, 0.15) is 373 Å². The minimum Gasteiger partial charge on any atom is -0.466 e. The number of allylic oxidation sites excluding steroid dienone is 4. The first-order valence-electron chi connectivity index (χ1n) is 33.6. The molecule has 0 aromatic carbocycles. The summed E-state index contributed by atoms with van der Waals surface area (Å²) in [7, 11) is 0. The Hall–Kier alpha value is -1.66. The van der Waals surface area contributed by atoms with Crippen molar-refractivity contribution in [1.82, 2.24) is 5.32 Å². The van der Waals surface area contributed by atoms with Crippen molar-refractivity contribution in [2.75, 3.05) is 13.2 Å². The zero-order valence-corrected chi connectivity index (χ0v) is 50.1. The summed E-state index contributed by atoms with van der Waals surface area (Å²) in [6.07, 6.45) is 79.2. The van der Waals surface area contributed by atoms with Gasteiger partial charge >= 0.3 is 5.97 Å². The van der Waals surface area contributed by atoms with Crippen LogP contribution in [0, 0.1) is 0 Å². The maximum atomic E-state index is 12.5. The van der Waals surface area contributed by atoms with Crippen molar-refractivity contribution in [3.63, 3.8) is 0 Å². The van der Waals surface area contributed by atoms with Crippen molar-refractivity contribution < 1.29 is 24.5 Å². The van der Waals surface area contributed by atoms with Crippen LogP contribution in [0.4, 0.5) is 0 Å². The maximum absolute atomic E-state index is 12.5. The Balaban J connectivity index is 3.37. The topological polar surface area (TPSA) is 95.9 Å². The summed E-state index contributed by atoms with van der Waals surface area (Å²) in [6.45, 7) is 4.97. The number of aliphatic hydroxyl groups excluding tert-OH is 2. The fraction of sp³-hybridized carbons (Fsp3) is 0.912. The summed E-state index contributed by atoms with van der Waals surface area (Å²) < 4.78 is 5.50. The smallest absolute Gasteiger partial charge is 0.305 e. The van der Waals surface area contributed by atoms with Crippen LogP contribution in [0.25, 0.3) is 0 Å². The van der Waals surface area contributed by atoms with E-state index < -0.39 is 12.1 Å². The van der Waals surface area contributed by atoms with Gasteiger partial charge in [-0.3, -0.25) is 9.59 Å². The molecule has 0 aliphatic heterocycles. The van der Waals surface area contributed by atoms with Gasteiger partial charge in [0.05, 0.1) is 25.4 Å². The monoisotopic (exact) mass is 1040 g/mol. The normalized spacial score (nSPS) is 12.6. The molecule has 0 bridgehead atoms. The number of nitrogens with one attached hydrogen (secondary N) is 1. The zero-order valence-electron chi connectivity index (χ0n) is 50.1. The highest BCUT2D eigenvalue weighted by Crippen LogP contribution is 2.18. The van der Waals surface area contributed by atoms with Crippen molar-refractivity contribution in [1.29, 1.82) is 0 Å². The van der Waals surface area contributed by atoms with Gasteiger partial charge < -0.3 is 20.3 Å². The fourth-order valence-electron chi connectivity index (χ4n) is 10.6. The molecule has 0 aliphatic rings. The minimum absolute atomic E-state index is 0.0116. The standard InChI is InChI=1S/C68H131NO5/c1-3-5-7-9-11-13-15-17-19-30-34-38-42-46-50-54-58-62-68(73)74-63-59-55-51-47-43-39-35-32-29-27-25-23-21-20-22-24-26-28-31-33-37-41-45-49-53-57-61-67(72)69-65(64-70)66(71)60-56-52-48-44-40-36-18-16-14-12-10-8-6-4-2/h17,19-20,22,65-66,70-71H,3-16,18,21,23-64H2,1-2H3,(H,69,72)/b19-17-,22-20-. The third-order valence-electron chi connectivity index (χ3n) is 15.7. The molecule has 0 aliphatic carbocycles. The van der Waals surface area contributed by atoms with Gasteiger partial charge in [0.2, 0.25) is 5.91 Å². The van der Waals surface area contributed by atoms with Gasteiger partial charge in [-0.25, -0.2) is 0 Å². The highest BCUT2D eigenvalue weighted by atomic mass is 16.5. The van der Waals surface area contributed by atoms with Crippen LogP contribution in [-0.2, 0) is 14.3 Å². The first-order chi connectivity index (χ1) is 36.5. The van der Waals surface area contributed by atoms with E-state index in [0.717, 1.165) is 44.9 Å². The van der Waals surface area contributed by atoms with Crippen molar-refractivity contribution in [3.05, 3.63) is 24.3 Å². The third kappa shape index (κ3) is 59.6. The molecule has 0 spiro atoms. The van der Waals surface area contributed by atoms with Crippen LogP contribution in [0.2, 0.25) is 0 Å². The SMILES string of the molecule is CCCCCCCC/C=C\CCCCCCCCCC(=O)OCCCCCCCCCCCCCC/C=C\CCCCCCCCCCCCC(=O)NC(CO)C(O)CCCCCCCCCCCCCCCC. The first-order valence-corrected chi connectivity index (χ1v) is 33.6. The second-order valence-electron chi connectivity index (χ2n) is 23.1. The summed E-state index contributed by atoms with van der Waals surface area (Å²) >= 11 is 0. The number of amides is 1. The quantitative estimate of drug-likeness (QED) is 0.0320. The molecule has 0 saturated heterocycles. The Morgan fingerprint density at radius 1 is 0.365 bits per heavy atom. The fourth-order valence-corrected chi connectivity index (χ4v) is 10.6. The number of carbonyl (C=O) groups excluding carboxylic acids is 2. The van der Waals surface area contributed by atoms with E-state index in [1.54, 1.807) is 0 Å². The molecule has 0 saturated carbocycles. The maximum Gasteiger partial charge on any atom is 0.305 e. The molecule has 0 rings (SSSR count). The Labute approximate surface area is 462 Å². The molecule has 6 nitrogen and oxygen atoms in total. The van der Waals surface area contributed by atoms with Gasteiger partial charge in [0, 0.05) is 12.8 Å². The van der Waals surface area contributed by atoms with E-state index in [9.17, 15) is 19.8 Å². The number of hydrogen-bond donors (Lipinski definition) is 3. The predicted octanol–water partition coefficient (Wildman–Crippen LogP) is 21.4. The molecule has 0 aromatic rings. The molecule has 3 N–H and O–H groups in total. The molecule has 438 valence electrons. The molecule has 74 heavy (non-hydrogen) atoms. The molecule has 2 atom stereocenters. The minimum atomic E-state index is -0.665. The van der Waals surface area contributed by atoms with Crippen LogP contribution >= 0.6 is 0 Å². The molecule has 1 amide bonds. The van der Waals surface area contributed by atoms with E-state index in [1.165, 1.54) is 295 Å². The van der Waals surface area contributed by atoms with E-state index in [0.29, 0.717) is 25.9 Å². The summed E-state index contributed by atoms with van der Waals surface area (Å²) in [6, 6.07) is -0.542. The van der Waals surface area contributed by atoms with Gasteiger partial charge in [-0.15, -0.1) is 0 Å². The van der Waals surface area contributed by atoms with Gasteiger partial charge in [0.15, 0.2) is 0 Å². The summed E-state index contributed by atoms with van der Waals surface area (Å²) in [5.41, 5.74) is 0. The van der Waals surface area contributed by atoms with Crippen molar-refractivity contribution >= 4 is 11.9 Å². The van der Waals surface area contributed by atoms with Crippen LogP contribution in [-0.4, -0.2) is 47.4 Å². The van der Waals surface area contributed by atoms with Crippen LogP contribution in [0.15, 0.2) is 24.3 Å². The molecule has 0 radical (unpaired) electrons. The number of unbranched alkanes of at least 4 members (excludes halogenated alkanes) is 48. The Bertz CT molecular complexity index is 1150. The summed E-state index contributed by atoms with van der Waals surface area (Å²) in [5, 5.41) is 23.3. The highest BCUT2D eigenvalue weighted by Gasteiger charge is 2.20. The Morgan fingerprint density at radius 3 is 0.959 bits per heavy atom. The summed E-state index contributed by atoms with van der Waals surface area (Å²) in [5.74, 6) is -0.0233. The number of hydrogen-bond acceptors (Lipinski definition) is 5. The lowest BCUT2D eigenvalue weighted by atomic mass is 10.0. The molecule has 6 heteroatoms. The Morgan fingerprint density at radius 2 is 0.635 bits per heavy atom. The highest BCUT2D eigenvalue weighted by molar-refractivity contribution is 5.76.